The normalized spacial score (nSPS) is 12.7. The van der Waals surface area contributed by atoms with Crippen molar-refractivity contribution in [1.82, 2.24) is 0 Å². The van der Waals surface area contributed by atoms with Gasteiger partial charge in [-0.15, -0.1) is 0 Å². The van der Waals surface area contributed by atoms with Crippen LogP contribution in [0.4, 0.5) is 0 Å². The number of Topliss-reactive ketones (excluding diaryl/α,β-unsaturated/α-hetero) is 1. The SMILES string of the molecule is O=C(COC(=O)C1c2ccccc2Oc2ccccc21)c1cc2ccccc2o1. The van der Waals surface area contributed by atoms with Crippen molar-refractivity contribution in [3.63, 3.8) is 0 Å². The van der Waals surface area contributed by atoms with Crippen LogP contribution in [0.1, 0.15) is 27.6 Å². The summed E-state index contributed by atoms with van der Waals surface area (Å²) < 4.78 is 16.9. The van der Waals surface area contributed by atoms with Crippen LogP contribution in [0.25, 0.3) is 11.0 Å². The maximum absolute atomic E-state index is 13.0. The van der Waals surface area contributed by atoms with Gasteiger partial charge in [0.2, 0.25) is 5.78 Å². The monoisotopic (exact) mass is 384 g/mol. The number of hydrogen-bond donors (Lipinski definition) is 0. The Bertz CT molecular complexity index is 1160. The number of benzene rings is 3. The molecule has 0 bridgehead atoms. The molecular weight excluding hydrogens is 368 g/mol. The number of carbonyl (C=O) groups is 2. The number of esters is 1. The molecule has 0 unspecified atom stereocenters. The number of furan rings is 1. The maximum Gasteiger partial charge on any atom is 0.318 e. The van der Waals surface area contributed by atoms with Crippen LogP contribution in [0, 0.1) is 0 Å². The molecule has 2 heterocycles. The van der Waals surface area contributed by atoms with E-state index in [1.165, 1.54) is 0 Å². The van der Waals surface area contributed by atoms with E-state index in [9.17, 15) is 9.59 Å². The summed E-state index contributed by atoms with van der Waals surface area (Å²) >= 11 is 0. The summed E-state index contributed by atoms with van der Waals surface area (Å²) in [6, 6.07) is 23.7. The molecule has 5 rings (SSSR count). The van der Waals surface area contributed by atoms with Gasteiger partial charge in [0.05, 0.1) is 0 Å². The van der Waals surface area contributed by atoms with Crippen LogP contribution in [0.5, 0.6) is 11.5 Å². The van der Waals surface area contributed by atoms with Gasteiger partial charge in [0.15, 0.2) is 12.4 Å². The molecule has 0 saturated carbocycles. The van der Waals surface area contributed by atoms with Gasteiger partial charge >= 0.3 is 5.97 Å². The zero-order valence-electron chi connectivity index (χ0n) is 15.3. The molecular formula is C24H16O5. The van der Waals surface area contributed by atoms with Gasteiger partial charge in [0.1, 0.15) is 23.0 Å². The molecule has 5 nitrogen and oxygen atoms in total. The second-order valence-corrected chi connectivity index (χ2v) is 6.79. The van der Waals surface area contributed by atoms with Crippen LogP contribution in [0.3, 0.4) is 0 Å². The van der Waals surface area contributed by atoms with E-state index >= 15 is 0 Å². The lowest BCUT2D eigenvalue weighted by molar-refractivity contribution is -0.143. The van der Waals surface area contributed by atoms with E-state index in [2.05, 4.69) is 0 Å². The minimum atomic E-state index is -0.653. The summed E-state index contributed by atoms with van der Waals surface area (Å²) in [6.07, 6.45) is 0. The molecule has 1 aliphatic rings. The molecule has 0 radical (unpaired) electrons. The maximum atomic E-state index is 13.0. The fraction of sp³-hybridized carbons (Fsp3) is 0.0833. The highest BCUT2D eigenvalue weighted by molar-refractivity contribution is 5.99. The predicted molar refractivity (Wildman–Crippen MR) is 106 cm³/mol. The number of hydrogen-bond acceptors (Lipinski definition) is 5. The van der Waals surface area contributed by atoms with E-state index in [4.69, 9.17) is 13.9 Å². The van der Waals surface area contributed by atoms with Gasteiger partial charge in [-0.25, -0.2) is 0 Å². The summed E-state index contributed by atoms with van der Waals surface area (Å²) in [4.78, 5) is 25.5. The van der Waals surface area contributed by atoms with Crippen molar-refractivity contribution >= 4 is 22.7 Å². The first-order valence-corrected chi connectivity index (χ1v) is 9.25. The first kappa shape index (κ1) is 17.3. The smallest absolute Gasteiger partial charge is 0.318 e. The molecule has 4 aromatic rings. The fourth-order valence-corrected chi connectivity index (χ4v) is 3.57. The van der Waals surface area contributed by atoms with Crippen molar-refractivity contribution < 1.29 is 23.5 Å². The lowest BCUT2D eigenvalue weighted by Gasteiger charge is -2.26. The molecule has 0 atom stereocenters. The lowest BCUT2D eigenvalue weighted by Crippen LogP contribution is -2.23. The molecule has 1 aliphatic heterocycles. The van der Waals surface area contributed by atoms with Crippen LogP contribution in [-0.4, -0.2) is 18.4 Å². The number of ether oxygens (including phenoxy) is 2. The molecule has 3 aromatic carbocycles. The van der Waals surface area contributed by atoms with Crippen LogP contribution in [0.15, 0.2) is 83.3 Å². The highest BCUT2D eigenvalue weighted by Gasteiger charge is 2.34. The van der Waals surface area contributed by atoms with Gasteiger partial charge in [-0.1, -0.05) is 54.6 Å². The van der Waals surface area contributed by atoms with Crippen molar-refractivity contribution in [3.8, 4) is 11.5 Å². The van der Waals surface area contributed by atoms with Crippen LogP contribution < -0.4 is 4.74 Å². The van der Waals surface area contributed by atoms with Gasteiger partial charge in [0.25, 0.3) is 0 Å². The number of fused-ring (bicyclic) bond motifs is 3. The van der Waals surface area contributed by atoms with Crippen molar-refractivity contribution in [3.05, 3.63) is 95.7 Å². The van der Waals surface area contributed by atoms with Crippen LogP contribution in [-0.2, 0) is 9.53 Å². The molecule has 0 fully saturated rings. The van der Waals surface area contributed by atoms with Gasteiger partial charge in [-0.3, -0.25) is 9.59 Å². The zero-order chi connectivity index (χ0) is 19.8. The minimum Gasteiger partial charge on any atom is -0.457 e. The molecule has 0 N–H and O–H groups in total. The van der Waals surface area contributed by atoms with Crippen molar-refractivity contribution in [1.29, 1.82) is 0 Å². The first-order chi connectivity index (χ1) is 14.2. The minimum absolute atomic E-state index is 0.173. The highest BCUT2D eigenvalue weighted by Crippen LogP contribution is 2.44. The average molecular weight is 384 g/mol. The van der Waals surface area contributed by atoms with Crippen molar-refractivity contribution in [2.75, 3.05) is 6.61 Å². The van der Waals surface area contributed by atoms with E-state index in [0.717, 1.165) is 5.39 Å². The number of ketones is 1. The molecule has 0 saturated heterocycles. The molecule has 5 heteroatoms. The Balaban J connectivity index is 1.39. The number of carbonyl (C=O) groups excluding carboxylic acids is 2. The van der Waals surface area contributed by atoms with E-state index in [1.807, 2.05) is 66.7 Å². The van der Waals surface area contributed by atoms with E-state index < -0.39 is 11.9 Å². The predicted octanol–water partition coefficient (Wildman–Crippen LogP) is 5.10. The third kappa shape index (κ3) is 3.06. The lowest BCUT2D eigenvalue weighted by atomic mass is 9.88. The largest absolute Gasteiger partial charge is 0.457 e. The summed E-state index contributed by atoms with van der Waals surface area (Å²) in [7, 11) is 0. The Hall–Kier alpha value is -3.86. The molecule has 0 amide bonds. The third-order valence-electron chi connectivity index (χ3n) is 4.96. The Labute approximate surface area is 166 Å². The second-order valence-electron chi connectivity index (χ2n) is 6.79. The molecule has 1 aromatic heterocycles. The standard InChI is InChI=1S/C24H16O5/c25-18(22-13-15-7-1-4-10-19(15)28-22)14-27-24(26)23-16-8-2-5-11-20(16)29-21-12-6-3-9-17(21)23/h1-13,23H,14H2. The molecule has 29 heavy (non-hydrogen) atoms. The van der Waals surface area contributed by atoms with Gasteiger partial charge < -0.3 is 13.9 Å². The van der Waals surface area contributed by atoms with Gasteiger partial charge in [0, 0.05) is 16.5 Å². The topological polar surface area (TPSA) is 65.7 Å². The van der Waals surface area contributed by atoms with Crippen LogP contribution >= 0.6 is 0 Å². The Morgan fingerprint density at radius 2 is 1.45 bits per heavy atom. The number of para-hydroxylation sites is 3. The summed E-state index contributed by atoms with van der Waals surface area (Å²) in [5.74, 6) is -0.152. The Kier molecular flexibility index (Phi) is 4.13. The van der Waals surface area contributed by atoms with E-state index in [0.29, 0.717) is 28.2 Å². The Morgan fingerprint density at radius 3 is 2.14 bits per heavy atom. The van der Waals surface area contributed by atoms with Gasteiger partial charge in [-0.2, -0.15) is 0 Å². The van der Waals surface area contributed by atoms with Gasteiger partial charge in [-0.05, 0) is 24.3 Å². The van der Waals surface area contributed by atoms with Crippen molar-refractivity contribution in [2.24, 2.45) is 0 Å². The third-order valence-corrected chi connectivity index (χ3v) is 4.96. The van der Waals surface area contributed by atoms with Crippen LogP contribution in [0.2, 0.25) is 0 Å². The summed E-state index contributed by atoms with van der Waals surface area (Å²) in [5, 5.41) is 0.828. The quantitative estimate of drug-likeness (QED) is 0.362. The second kappa shape index (κ2) is 6.95. The summed E-state index contributed by atoms with van der Waals surface area (Å²) in [6.45, 7) is -0.389. The van der Waals surface area contributed by atoms with Crippen molar-refractivity contribution in [2.45, 2.75) is 5.92 Å². The van der Waals surface area contributed by atoms with E-state index in [1.54, 1.807) is 12.1 Å². The molecule has 142 valence electrons. The fourth-order valence-electron chi connectivity index (χ4n) is 3.57. The highest BCUT2D eigenvalue weighted by atomic mass is 16.5. The Morgan fingerprint density at radius 1 is 0.828 bits per heavy atom. The average Bonchev–Trinajstić information content (AvgIpc) is 3.20. The zero-order valence-corrected chi connectivity index (χ0v) is 15.3. The molecule has 0 spiro atoms. The number of rotatable bonds is 4. The van der Waals surface area contributed by atoms with E-state index in [-0.39, 0.29) is 18.2 Å². The molecule has 0 aliphatic carbocycles. The first-order valence-electron chi connectivity index (χ1n) is 9.25. The summed E-state index contributed by atoms with van der Waals surface area (Å²) in [5.41, 5.74) is 2.05.